The van der Waals surface area contributed by atoms with Gasteiger partial charge in [0.15, 0.2) is 5.82 Å². The SMILES string of the molecule is CCNC(C)c1cccnc1-n1cc(Cl)cn1. The zero-order chi connectivity index (χ0) is 12.3. The summed E-state index contributed by atoms with van der Waals surface area (Å²) in [5, 5.41) is 8.16. The zero-order valence-corrected chi connectivity index (χ0v) is 10.6. The molecule has 2 aromatic heterocycles. The Morgan fingerprint density at radius 2 is 2.35 bits per heavy atom. The monoisotopic (exact) mass is 250 g/mol. The maximum Gasteiger partial charge on any atom is 0.158 e. The molecule has 2 aromatic rings. The first-order valence-corrected chi connectivity index (χ1v) is 5.99. The fraction of sp³-hybridized carbons (Fsp3) is 0.333. The lowest BCUT2D eigenvalue weighted by Gasteiger charge is -2.15. The molecule has 4 nitrogen and oxygen atoms in total. The minimum Gasteiger partial charge on any atom is -0.310 e. The maximum absolute atomic E-state index is 5.88. The Hall–Kier alpha value is -1.39. The second-order valence-electron chi connectivity index (χ2n) is 3.80. The topological polar surface area (TPSA) is 42.7 Å². The normalized spacial score (nSPS) is 12.6. The summed E-state index contributed by atoms with van der Waals surface area (Å²) in [5.74, 6) is 0.813. The Balaban J connectivity index is 2.40. The number of pyridine rings is 1. The highest BCUT2D eigenvalue weighted by molar-refractivity contribution is 6.30. The van der Waals surface area contributed by atoms with E-state index in [-0.39, 0.29) is 6.04 Å². The molecule has 0 bridgehead atoms. The number of nitrogens with zero attached hydrogens (tertiary/aromatic N) is 3. The number of hydrogen-bond donors (Lipinski definition) is 1. The average molecular weight is 251 g/mol. The molecule has 0 saturated carbocycles. The van der Waals surface area contributed by atoms with Crippen molar-refractivity contribution in [1.82, 2.24) is 20.1 Å². The van der Waals surface area contributed by atoms with Crippen molar-refractivity contribution in [1.29, 1.82) is 0 Å². The van der Waals surface area contributed by atoms with Crippen LogP contribution in [0.25, 0.3) is 5.82 Å². The summed E-state index contributed by atoms with van der Waals surface area (Å²) in [4.78, 5) is 4.37. The quantitative estimate of drug-likeness (QED) is 0.907. The third-order valence-corrected chi connectivity index (χ3v) is 2.76. The smallest absolute Gasteiger partial charge is 0.158 e. The molecule has 0 radical (unpaired) electrons. The van der Waals surface area contributed by atoms with E-state index in [0.29, 0.717) is 5.02 Å². The standard InChI is InChI=1S/C12H15ClN4/c1-3-14-9(2)11-5-4-6-15-12(11)17-8-10(13)7-16-17/h4-9,14H,3H2,1-2H3. The van der Waals surface area contributed by atoms with E-state index in [1.165, 1.54) is 0 Å². The molecule has 1 atom stereocenters. The summed E-state index contributed by atoms with van der Waals surface area (Å²) < 4.78 is 1.70. The van der Waals surface area contributed by atoms with E-state index in [4.69, 9.17) is 11.6 Å². The molecule has 17 heavy (non-hydrogen) atoms. The van der Waals surface area contributed by atoms with Gasteiger partial charge in [0.2, 0.25) is 0 Å². The highest BCUT2D eigenvalue weighted by Gasteiger charge is 2.12. The Labute approximate surface area is 106 Å². The fourth-order valence-electron chi connectivity index (χ4n) is 1.77. The van der Waals surface area contributed by atoms with Gasteiger partial charge in [-0.25, -0.2) is 9.67 Å². The molecule has 0 aliphatic rings. The fourth-order valence-corrected chi connectivity index (χ4v) is 1.91. The lowest BCUT2D eigenvalue weighted by molar-refractivity contribution is 0.590. The third-order valence-electron chi connectivity index (χ3n) is 2.56. The second-order valence-corrected chi connectivity index (χ2v) is 4.24. The van der Waals surface area contributed by atoms with Gasteiger partial charge in [0.05, 0.1) is 17.4 Å². The first-order valence-electron chi connectivity index (χ1n) is 5.61. The van der Waals surface area contributed by atoms with Crippen molar-refractivity contribution in [3.8, 4) is 5.82 Å². The predicted octanol–water partition coefficient (Wildman–Crippen LogP) is 2.59. The molecule has 2 rings (SSSR count). The van der Waals surface area contributed by atoms with Gasteiger partial charge in [0.1, 0.15) is 0 Å². The first-order chi connectivity index (χ1) is 8.22. The van der Waals surface area contributed by atoms with Crippen molar-refractivity contribution in [3.63, 3.8) is 0 Å². The minimum absolute atomic E-state index is 0.228. The van der Waals surface area contributed by atoms with Gasteiger partial charge >= 0.3 is 0 Å². The summed E-state index contributed by atoms with van der Waals surface area (Å²) in [6.07, 6.45) is 5.12. The predicted molar refractivity (Wildman–Crippen MR) is 68.5 cm³/mol. The van der Waals surface area contributed by atoms with Crippen LogP contribution in [0.2, 0.25) is 5.02 Å². The number of rotatable bonds is 4. The summed E-state index contributed by atoms with van der Waals surface area (Å²) in [6.45, 7) is 5.10. The van der Waals surface area contributed by atoms with E-state index in [2.05, 4.69) is 29.2 Å². The first kappa shape index (κ1) is 12.1. The van der Waals surface area contributed by atoms with Gasteiger partial charge in [-0.1, -0.05) is 24.6 Å². The van der Waals surface area contributed by atoms with Gasteiger partial charge < -0.3 is 5.32 Å². The van der Waals surface area contributed by atoms with Gasteiger partial charge in [-0.2, -0.15) is 5.10 Å². The van der Waals surface area contributed by atoms with Crippen molar-refractivity contribution in [3.05, 3.63) is 41.3 Å². The van der Waals surface area contributed by atoms with Crippen molar-refractivity contribution in [2.75, 3.05) is 6.54 Å². The zero-order valence-electron chi connectivity index (χ0n) is 9.89. The van der Waals surface area contributed by atoms with Crippen molar-refractivity contribution in [2.45, 2.75) is 19.9 Å². The van der Waals surface area contributed by atoms with Gasteiger partial charge in [0, 0.05) is 17.8 Å². The van der Waals surface area contributed by atoms with Crippen LogP contribution in [-0.4, -0.2) is 21.3 Å². The van der Waals surface area contributed by atoms with Crippen LogP contribution in [0.3, 0.4) is 0 Å². The molecule has 0 aliphatic carbocycles. The molecular formula is C12H15ClN4. The van der Waals surface area contributed by atoms with Gasteiger partial charge in [-0.15, -0.1) is 0 Å². The number of hydrogen-bond acceptors (Lipinski definition) is 3. The number of aromatic nitrogens is 3. The molecule has 0 aromatic carbocycles. The summed E-state index contributed by atoms with van der Waals surface area (Å²) >= 11 is 5.88. The molecule has 2 heterocycles. The highest BCUT2D eigenvalue weighted by Crippen LogP contribution is 2.19. The van der Waals surface area contributed by atoms with E-state index in [9.17, 15) is 0 Å². The average Bonchev–Trinajstić information content (AvgIpc) is 2.76. The second kappa shape index (κ2) is 5.29. The van der Waals surface area contributed by atoms with Crippen molar-refractivity contribution < 1.29 is 0 Å². The molecule has 0 aliphatic heterocycles. The molecule has 0 saturated heterocycles. The molecule has 1 N–H and O–H groups in total. The Kier molecular flexibility index (Phi) is 3.76. The van der Waals surface area contributed by atoms with Crippen LogP contribution >= 0.6 is 11.6 Å². The molecule has 90 valence electrons. The molecular weight excluding hydrogens is 236 g/mol. The van der Waals surface area contributed by atoms with Crippen LogP contribution in [0.1, 0.15) is 25.5 Å². The maximum atomic E-state index is 5.88. The lowest BCUT2D eigenvalue weighted by Crippen LogP contribution is -2.20. The molecule has 0 fully saturated rings. The number of nitrogens with one attached hydrogen (secondary N) is 1. The Bertz CT molecular complexity index is 495. The van der Waals surface area contributed by atoms with Crippen molar-refractivity contribution >= 4 is 11.6 Å². The van der Waals surface area contributed by atoms with Gasteiger partial charge in [0.25, 0.3) is 0 Å². The minimum atomic E-state index is 0.228. The van der Waals surface area contributed by atoms with E-state index in [0.717, 1.165) is 17.9 Å². The number of halogens is 1. The largest absolute Gasteiger partial charge is 0.310 e. The van der Waals surface area contributed by atoms with Crippen LogP contribution in [0, 0.1) is 0 Å². The van der Waals surface area contributed by atoms with Gasteiger partial charge in [-0.3, -0.25) is 0 Å². The third kappa shape index (κ3) is 2.65. The van der Waals surface area contributed by atoms with E-state index < -0.39 is 0 Å². The Morgan fingerprint density at radius 1 is 1.53 bits per heavy atom. The van der Waals surface area contributed by atoms with Crippen LogP contribution in [0.15, 0.2) is 30.7 Å². The van der Waals surface area contributed by atoms with Crippen LogP contribution in [0.5, 0.6) is 0 Å². The Morgan fingerprint density at radius 3 is 3.00 bits per heavy atom. The van der Waals surface area contributed by atoms with Crippen LogP contribution in [-0.2, 0) is 0 Å². The van der Waals surface area contributed by atoms with Crippen LogP contribution < -0.4 is 5.32 Å². The summed E-state index contributed by atoms with van der Waals surface area (Å²) in [5.41, 5.74) is 1.11. The highest BCUT2D eigenvalue weighted by atomic mass is 35.5. The molecule has 0 spiro atoms. The molecule has 0 amide bonds. The van der Waals surface area contributed by atoms with E-state index >= 15 is 0 Å². The van der Waals surface area contributed by atoms with E-state index in [1.807, 2.05) is 12.1 Å². The van der Waals surface area contributed by atoms with Crippen LogP contribution in [0.4, 0.5) is 0 Å². The van der Waals surface area contributed by atoms with Gasteiger partial charge in [-0.05, 0) is 19.5 Å². The summed E-state index contributed by atoms with van der Waals surface area (Å²) in [7, 11) is 0. The summed E-state index contributed by atoms with van der Waals surface area (Å²) in [6, 6.07) is 4.20. The molecule has 5 heteroatoms. The molecule has 1 unspecified atom stereocenters. The van der Waals surface area contributed by atoms with Crippen molar-refractivity contribution in [2.24, 2.45) is 0 Å². The lowest BCUT2D eigenvalue weighted by atomic mass is 10.1. The van der Waals surface area contributed by atoms with E-state index in [1.54, 1.807) is 23.3 Å².